The minimum absolute atomic E-state index is 0.00972. The summed E-state index contributed by atoms with van der Waals surface area (Å²) in [6.45, 7) is 0.205. The molecule has 2 aromatic heterocycles. The number of carbonyl (C=O) groups is 1. The molecule has 0 atom stereocenters. The third-order valence-corrected chi connectivity index (χ3v) is 3.38. The Balaban J connectivity index is 1.65. The Kier molecular flexibility index (Phi) is 4.64. The van der Waals surface area contributed by atoms with Gasteiger partial charge in [-0.15, -0.1) is 5.10 Å². The maximum Gasteiger partial charge on any atom is 0.266 e. The molecule has 0 unspecified atom stereocenters. The summed E-state index contributed by atoms with van der Waals surface area (Å²) in [7, 11) is 0. The zero-order chi connectivity index (χ0) is 17.8. The van der Waals surface area contributed by atoms with Crippen LogP contribution in [0.3, 0.4) is 0 Å². The van der Waals surface area contributed by atoms with Crippen LogP contribution in [-0.2, 0) is 6.54 Å². The molecule has 2 heterocycles. The van der Waals surface area contributed by atoms with Crippen molar-refractivity contribution < 1.29 is 13.6 Å². The lowest BCUT2D eigenvalue weighted by Crippen LogP contribution is -2.32. The third kappa shape index (κ3) is 3.77. The van der Waals surface area contributed by atoms with Crippen molar-refractivity contribution in [1.29, 1.82) is 0 Å². The number of nitrogens with zero attached hydrogens (tertiary/aromatic N) is 4. The molecular formula is C16H13F2N5O2. The van der Waals surface area contributed by atoms with E-state index in [9.17, 15) is 18.4 Å². The second kappa shape index (κ2) is 7.04. The van der Waals surface area contributed by atoms with E-state index < -0.39 is 17.5 Å². The van der Waals surface area contributed by atoms with Crippen molar-refractivity contribution in [3.63, 3.8) is 0 Å². The molecule has 0 fully saturated rings. The summed E-state index contributed by atoms with van der Waals surface area (Å²) in [5.74, 6) is -2.24. The summed E-state index contributed by atoms with van der Waals surface area (Å²) in [6.07, 6.45) is 3.27. The van der Waals surface area contributed by atoms with E-state index in [0.29, 0.717) is 5.82 Å². The monoisotopic (exact) mass is 345 g/mol. The van der Waals surface area contributed by atoms with Crippen molar-refractivity contribution in [3.8, 4) is 5.82 Å². The van der Waals surface area contributed by atoms with Crippen molar-refractivity contribution in [3.05, 3.63) is 76.3 Å². The number of benzene rings is 1. The Labute approximate surface area is 140 Å². The minimum Gasteiger partial charge on any atom is -0.350 e. The first-order valence-corrected chi connectivity index (χ1v) is 7.36. The first kappa shape index (κ1) is 16.5. The molecule has 0 bridgehead atoms. The lowest BCUT2D eigenvalue weighted by Gasteiger charge is -2.08. The summed E-state index contributed by atoms with van der Waals surface area (Å²) in [5.41, 5.74) is -0.345. The molecule has 1 N–H and O–H groups in total. The number of carbonyl (C=O) groups excluding carboxylic acids is 1. The average molecular weight is 345 g/mol. The summed E-state index contributed by atoms with van der Waals surface area (Å²) >= 11 is 0. The lowest BCUT2D eigenvalue weighted by molar-refractivity contribution is 0.0951. The molecule has 3 rings (SSSR count). The summed E-state index contributed by atoms with van der Waals surface area (Å²) in [6, 6.07) is 7.47. The maximum absolute atomic E-state index is 13.1. The van der Waals surface area contributed by atoms with Crippen molar-refractivity contribution in [2.75, 3.05) is 6.54 Å². The van der Waals surface area contributed by atoms with E-state index in [4.69, 9.17) is 0 Å². The molecule has 0 aliphatic rings. The van der Waals surface area contributed by atoms with Crippen LogP contribution in [0.25, 0.3) is 5.82 Å². The third-order valence-electron chi connectivity index (χ3n) is 3.38. The predicted molar refractivity (Wildman–Crippen MR) is 84.3 cm³/mol. The highest BCUT2D eigenvalue weighted by molar-refractivity contribution is 5.94. The van der Waals surface area contributed by atoms with E-state index in [2.05, 4.69) is 15.5 Å². The van der Waals surface area contributed by atoms with Gasteiger partial charge in [0.15, 0.2) is 17.5 Å². The fourth-order valence-corrected chi connectivity index (χ4v) is 2.14. The highest BCUT2D eigenvalue weighted by Crippen LogP contribution is 2.08. The van der Waals surface area contributed by atoms with E-state index in [1.807, 2.05) is 0 Å². The minimum atomic E-state index is -1.10. The molecule has 0 radical (unpaired) electrons. The van der Waals surface area contributed by atoms with Crippen LogP contribution in [0.15, 0.2) is 53.6 Å². The van der Waals surface area contributed by atoms with E-state index in [-0.39, 0.29) is 24.2 Å². The van der Waals surface area contributed by atoms with E-state index in [0.717, 1.165) is 12.1 Å². The molecule has 3 aromatic rings. The van der Waals surface area contributed by atoms with Gasteiger partial charge < -0.3 is 5.32 Å². The molecule has 0 saturated carbocycles. The van der Waals surface area contributed by atoms with Crippen LogP contribution in [0.4, 0.5) is 8.78 Å². The van der Waals surface area contributed by atoms with Crippen molar-refractivity contribution in [2.24, 2.45) is 0 Å². The van der Waals surface area contributed by atoms with Crippen molar-refractivity contribution in [2.45, 2.75) is 6.54 Å². The SMILES string of the molecule is O=C(NCCn1nc(-n2cccn2)ccc1=O)c1ccc(F)c(F)c1. The van der Waals surface area contributed by atoms with Gasteiger partial charge in [-0.3, -0.25) is 9.59 Å². The van der Waals surface area contributed by atoms with Crippen molar-refractivity contribution in [1.82, 2.24) is 24.9 Å². The predicted octanol–water partition coefficient (Wildman–Crippen LogP) is 1.14. The van der Waals surface area contributed by atoms with Gasteiger partial charge >= 0.3 is 0 Å². The maximum atomic E-state index is 13.1. The summed E-state index contributed by atoms with van der Waals surface area (Å²) in [5, 5.41) is 10.7. The molecule has 0 aliphatic carbocycles. The number of hydrogen-bond donors (Lipinski definition) is 1. The van der Waals surface area contributed by atoms with Gasteiger partial charge in [-0.25, -0.2) is 18.1 Å². The molecule has 0 spiro atoms. The summed E-state index contributed by atoms with van der Waals surface area (Å²) in [4.78, 5) is 23.8. The van der Waals surface area contributed by atoms with E-state index in [1.54, 1.807) is 18.5 Å². The number of nitrogens with one attached hydrogen (secondary N) is 1. The van der Waals surface area contributed by atoms with Gasteiger partial charge in [-0.1, -0.05) is 0 Å². The van der Waals surface area contributed by atoms with Gasteiger partial charge in [0.05, 0.1) is 6.54 Å². The Morgan fingerprint density at radius 1 is 1.16 bits per heavy atom. The topological polar surface area (TPSA) is 81.8 Å². The molecule has 1 amide bonds. The van der Waals surface area contributed by atoms with Crippen LogP contribution < -0.4 is 10.9 Å². The number of rotatable bonds is 5. The Bertz CT molecular complexity index is 953. The zero-order valence-electron chi connectivity index (χ0n) is 12.9. The van der Waals surface area contributed by atoms with Crippen LogP contribution in [0.1, 0.15) is 10.4 Å². The zero-order valence-corrected chi connectivity index (χ0v) is 12.9. The van der Waals surface area contributed by atoms with Crippen LogP contribution >= 0.6 is 0 Å². The number of amides is 1. The van der Waals surface area contributed by atoms with Crippen molar-refractivity contribution >= 4 is 5.91 Å². The Morgan fingerprint density at radius 3 is 2.72 bits per heavy atom. The van der Waals surface area contributed by atoms with Gasteiger partial charge in [-0.2, -0.15) is 5.10 Å². The van der Waals surface area contributed by atoms with Gasteiger partial charge in [0, 0.05) is 30.6 Å². The van der Waals surface area contributed by atoms with Crippen LogP contribution in [0, 0.1) is 11.6 Å². The molecule has 0 aliphatic heterocycles. The van der Waals surface area contributed by atoms with Gasteiger partial charge in [0.25, 0.3) is 11.5 Å². The first-order valence-electron chi connectivity index (χ1n) is 7.36. The highest BCUT2D eigenvalue weighted by Gasteiger charge is 2.10. The fourth-order valence-electron chi connectivity index (χ4n) is 2.14. The quantitative estimate of drug-likeness (QED) is 0.752. The van der Waals surface area contributed by atoms with Gasteiger partial charge in [0.2, 0.25) is 0 Å². The van der Waals surface area contributed by atoms with Crippen LogP contribution in [0.5, 0.6) is 0 Å². The standard InChI is InChI=1S/C16H13F2N5O2/c17-12-3-2-11(10-13(12)18)16(25)19-7-9-23-15(24)5-4-14(21-23)22-8-1-6-20-22/h1-6,8,10H,7,9H2,(H,19,25). The molecule has 7 nitrogen and oxygen atoms in total. The lowest BCUT2D eigenvalue weighted by atomic mass is 10.2. The van der Waals surface area contributed by atoms with E-state index >= 15 is 0 Å². The Morgan fingerprint density at radius 2 is 2.00 bits per heavy atom. The average Bonchev–Trinajstić information content (AvgIpc) is 3.13. The second-order valence-electron chi connectivity index (χ2n) is 5.09. The van der Waals surface area contributed by atoms with Crippen LogP contribution in [0.2, 0.25) is 0 Å². The van der Waals surface area contributed by atoms with Gasteiger partial charge in [-0.05, 0) is 30.3 Å². The number of hydrogen-bond acceptors (Lipinski definition) is 4. The smallest absolute Gasteiger partial charge is 0.266 e. The molecule has 1 aromatic carbocycles. The highest BCUT2D eigenvalue weighted by atomic mass is 19.2. The van der Waals surface area contributed by atoms with Crippen LogP contribution in [-0.4, -0.2) is 32.0 Å². The number of aromatic nitrogens is 4. The number of halogens is 2. The molecule has 0 saturated heterocycles. The molecule has 25 heavy (non-hydrogen) atoms. The second-order valence-corrected chi connectivity index (χ2v) is 5.09. The van der Waals surface area contributed by atoms with E-state index in [1.165, 1.54) is 27.6 Å². The first-order chi connectivity index (χ1) is 12.0. The molecule has 128 valence electrons. The normalized spacial score (nSPS) is 10.6. The molecule has 9 heteroatoms. The fraction of sp³-hybridized carbons (Fsp3) is 0.125. The van der Waals surface area contributed by atoms with Gasteiger partial charge in [0.1, 0.15) is 0 Å². The molecular weight excluding hydrogens is 332 g/mol. The largest absolute Gasteiger partial charge is 0.350 e. The summed E-state index contributed by atoms with van der Waals surface area (Å²) < 4.78 is 28.7. The Hall–Kier alpha value is -3.36.